The van der Waals surface area contributed by atoms with Gasteiger partial charge in [-0.2, -0.15) is 0 Å². The van der Waals surface area contributed by atoms with Crippen molar-refractivity contribution in [3.63, 3.8) is 0 Å². The number of ether oxygens (including phenoxy) is 1. The van der Waals surface area contributed by atoms with Gasteiger partial charge in [0.2, 0.25) is 6.10 Å². The summed E-state index contributed by atoms with van der Waals surface area (Å²) in [7, 11) is 0. The number of benzene rings is 4. The number of para-hydroxylation sites is 1. The summed E-state index contributed by atoms with van der Waals surface area (Å²) >= 11 is 1.71. The third kappa shape index (κ3) is 4.07. The van der Waals surface area contributed by atoms with Crippen molar-refractivity contribution in [2.75, 3.05) is 4.90 Å². The van der Waals surface area contributed by atoms with Crippen LogP contribution >= 0.6 is 11.8 Å². The molecule has 0 N–H and O–H groups in total. The topological polar surface area (TPSA) is 29.5 Å². The molecule has 152 valence electrons. The molecule has 0 saturated carbocycles. The van der Waals surface area contributed by atoms with Gasteiger partial charge in [-0.05, 0) is 54.1 Å². The Morgan fingerprint density at radius 1 is 0.645 bits per heavy atom. The van der Waals surface area contributed by atoms with E-state index in [0.29, 0.717) is 5.75 Å². The predicted molar refractivity (Wildman–Crippen MR) is 125 cm³/mol. The maximum atomic E-state index is 13.1. The number of hydrogen-bond donors (Lipinski definition) is 0. The molecule has 0 spiro atoms. The van der Waals surface area contributed by atoms with E-state index in [4.69, 9.17) is 4.74 Å². The van der Waals surface area contributed by atoms with Crippen LogP contribution in [-0.4, -0.2) is 12.0 Å². The fourth-order valence-electron chi connectivity index (χ4n) is 3.78. The third-order valence-corrected chi connectivity index (χ3v) is 6.30. The van der Waals surface area contributed by atoms with Crippen molar-refractivity contribution < 1.29 is 9.53 Å². The summed E-state index contributed by atoms with van der Waals surface area (Å²) in [4.78, 5) is 17.3. The molecular weight excluding hydrogens is 402 g/mol. The molecule has 1 aliphatic heterocycles. The molecule has 1 fully saturated rings. The summed E-state index contributed by atoms with van der Waals surface area (Å²) in [5.74, 6) is 0.678. The zero-order chi connectivity index (χ0) is 21.0. The number of nitrogens with zero attached hydrogens (tertiary/aromatic N) is 1. The molecule has 0 bridgehead atoms. The number of β-lactam (4-membered cyclic amide) rings is 1. The van der Waals surface area contributed by atoms with E-state index in [-0.39, 0.29) is 11.9 Å². The Balaban J connectivity index is 1.40. The van der Waals surface area contributed by atoms with Crippen LogP contribution in [0.25, 0.3) is 0 Å². The molecule has 1 aliphatic rings. The summed E-state index contributed by atoms with van der Waals surface area (Å²) < 4.78 is 6.09. The van der Waals surface area contributed by atoms with Crippen LogP contribution in [0.4, 0.5) is 5.69 Å². The van der Waals surface area contributed by atoms with E-state index in [2.05, 4.69) is 24.3 Å². The van der Waals surface area contributed by atoms with Gasteiger partial charge in [-0.15, -0.1) is 0 Å². The number of hydrogen-bond acceptors (Lipinski definition) is 3. The standard InChI is InChI=1S/C27H21NO2S/c29-27-26(30-22-12-6-2-7-13-22)25(20-10-4-1-5-11-20)28(27)21-16-18-24(19-17-21)31-23-14-8-3-9-15-23/h1-19,25-26H. The van der Waals surface area contributed by atoms with Crippen LogP contribution in [0.2, 0.25) is 0 Å². The lowest BCUT2D eigenvalue weighted by atomic mass is 9.89. The number of carbonyl (C=O) groups is 1. The largest absolute Gasteiger partial charge is 0.478 e. The van der Waals surface area contributed by atoms with E-state index in [1.165, 1.54) is 4.90 Å². The molecule has 2 atom stereocenters. The minimum absolute atomic E-state index is 0.0267. The van der Waals surface area contributed by atoms with Crippen LogP contribution in [0.3, 0.4) is 0 Å². The first-order valence-electron chi connectivity index (χ1n) is 10.2. The quantitative estimate of drug-likeness (QED) is 0.337. The summed E-state index contributed by atoms with van der Waals surface area (Å²) in [6, 6.07) is 37.8. The number of carbonyl (C=O) groups excluding carboxylic acids is 1. The SMILES string of the molecule is O=C1C(Oc2ccccc2)C(c2ccccc2)N1c1ccc(Sc2ccccc2)cc1. The van der Waals surface area contributed by atoms with Gasteiger partial charge < -0.3 is 4.74 Å². The Bertz CT molecular complexity index is 1150. The summed E-state index contributed by atoms with van der Waals surface area (Å²) in [6.07, 6.45) is -0.539. The van der Waals surface area contributed by atoms with Crippen LogP contribution in [0, 0.1) is 0 Å². The maximum Gasteiger partial charge on any atom is 0.271 e. The molecule has 3 nitrogen and oxygen atoms in total. The van der Waals surface area contributed by atoms with Crippen molar-refractivity contribution >= 4 is 23.4 Å². The monoisotopic (exact) mass is 423 g/mol. The van der Waals surface area contributed by atoms with Crippen LogP contribution in [0.5, 0.6) is 5.75 Å². The van der Waals surface area contributed by atoms with E-state index in [0.717, 1.165) is 16.1 Å². The second kappa shape index (κ2) is 8.70. The van der Waals surface area contributed by atoms with Crippen molar-refractivity contribution in [3.8, 4) is 5.75 Å². The first kappa shape index (κ1) is 19.5. The molecule has 4 heteroatoms. The molecule has 5 rings (SSSR count). The lowest BCUT2D eigenvalue weighted by molar-refractivity contribution is -0.135. The highest BCUT2D eigenvalue weighted by Gasteiger charge is 2.50. The van der Waals surface area contributed by atoms with Gasteiger partial charge in [0, 0.05) is 15.5 Å². The van der Waals surface area contributed by atoms with Gasteiger partial charge in [0.05, 0.1) is 0 Å². The van der Waals surface area contributed by atoms with Crippen molar-refractivity contribution in [1.29, 1.82) is 0 Å². The van der Waals surface area contributed by atoms with Gasteiger partial charge in [0.15, 0.2) is 0 Å². The van der Waals surface area contributed by atoms with E-state index < -0.39 is 6.10 Å². The Kier molecular flexibility index (Phi) is 5.46. The molecule has 1 saturated heterocycles. The number of amides is 1. The van der Waals surface area contributed by atoms with E-state index >= 15 is 0 Å². The molecule has 31 heavy (non-hydrogen) atoms. The smallest absolute Gasteiger partial charge is 0.271 e. The first-order valence-corrected chi connectivity index (χ1v) is 11.0. The van der Waals surface area contributed by atoms with Gasteiger partial charge in [0.1, 0.15) is 11.8 Å². The van der Waals surface area contributed by atoms with Gasteiger partial charge >= 0.3 is 0 Å². The molecule has 2 unspecified atom stereocenters. The van der Waals surface area contributed by atoms with Gasteiger partial charge in [-0.1, -0.05) is 78.5 Å². The maximum absolute atomic E-state index is 13.1. The zero-order valence-corrected chi connectivity index (χ0v) is 17.6. The molecular formula is C27H21NO2S. The summed E-state index contributed by atoms with van der Waals surface area (Å²) in [6.45, 7) is 0. The predicted octanol–water partition coefficient (Wildman–Crippen LogP) is 6.37. The average Bonchev–Trinajstić information content (AvgIpc) is 2.83. The van der Waals surface area contributed by atoms with Gasteiger partial charge in [0.25, 0.3) is 5.91 Å². The highest BCUT2D eigenvalue weighted by molar-refractivity contribution is 7.99. The second-order valence-corrected chi connectivity index (χ2v) is 8.47. The normalized spacial score (nSPS) is 17.8. The fraction of sp³-hybridized carbons (Fsp3) is 0.0741. The van der Waals surface area contributed by atoms with Crippen LogP contribution in [0.15, 0.2) is 125 Å². The molecule has 0 aliphatic carbocycles. The average molecular weight is 424 g/mol. The second-order valence-electron chi connectivity index (χ2n) is 7.32. The zero-order valence-electron chi connectivity index (χ0n) is 16.8. The van der Waals surface area contributed by atoms with Crippen molar-refractivity contribution in [3.05, 3.63) is 121 Å². The molecule has 1 amide bonds. The number of anilines is 1. The third-order valence-electron chi connectivity index (χ3n) is 5.29. The molecule has 0 radical (unpaired) electrons. The minimum atomic E-state index is -0.539. The van der Waals surface area contributed by atoms with Crippen LogP contribution in [0.1, 0.15) is 11.6 Å². The summed E-state index contributed by atoms with van der Waals surface area (Å²) in [5, 5.41) is 0. The van der Waals surface area contributed by atoms with Gasteiger partial charge in [-0.3, -0.25) is 9.69 Å². The van der Waals surface area contributed by atoms with E-state index in [1.54, 1.807) is 11.8 Å². The Hall–Kier alpha value is -3.50. The first-order chi connectivity index (χ1) is 15.3. The lowest BCUT2D eigenvalue weighted by Crippen LogP contribution is -2.61. The molecule has 1 heterocycles. The summed E-state index contributed by atoms with van der Waals surface area (Å²) in [5.41, 5.74) is 1.94. The Morgan fingerprint density at radius 3 is 1.84 bits per heavy atom. The lowest BCUT2D eigenvalue weighted by Gasteiger charge is -2.46. The van der Waals surface area contributed by atoms with Crippen molar-refractivity contribution in [1.82, 2.24) is 0 Å². The highest BCUT2D eigenvalue weighted by atomic mass is 32.2. The Morgan fingerprint density at radius 2 is 1.19 bits per heavy atom. The van der Waals surface area contributed by atoms with Crippen molar-refractivity contribution in [2.45, 2.75) is 21.9 Å². The molecule has 0 aromatic heterocycles. The van der Waals surface area contributed by atoms with E-state index in [1.807, 2.05) is 95.9 Å². The Labute approximate surface area is 186 Å². The molecule has 4 aromatic rings. The highest BCUT2D eigenvalue weighted by Crippen LogP contribution is 2.42. The van der Waals surface area contributed by atoms with E-state index in [9.17, 15) is 4.79 Å². The van der Waals surface area contributed by atoms with Gasteiger partial charge in [-0.25, -0.2) is 0 Å². The van der Waals surface area contributed by atoms with Crippen LogP contribution < -0.4 is 9.64 Å². The molecule has 4 aromatic carbocycles. The minimum Gasteiger partial charge on any atom is -0.478 e. The number of rotatable bonds is 6. The fourth-order valence-corrected chi connectivity index (χ4v) is 4.62. The van der Waals surface area contributed by atoms with Crippen molar-refractivity contribution in [2.24, 2.45) is 0 Å². The van der Waals surface area contributed by atoms with Crippen LogP contribution in [-0.2, 0) is 4.79 Å².